The van der Waals surface area contributed by atoms with E-state index in [2.05, 4.69) is 5.32 Å². The van der Waals surface area contributed by atoms with Crippen LogP contribution in [0.25, 0.3) is 0 Å². The maximum atomic E-state index is 11.9. The van der Waals surface area contributed by atoms with Crippen molar-refractivity contribution in [2.24, 2.45) is 5.92 Å². The summed E-state index contributed by atoms with van der Waals surface area (Å²) in [6.07, 6.45) is 1.87. The molecule has 102 valence electrons. The van der Waals surface area contributed by atoms with Crippen LogP contribution in [-0.4, -0.2) is 29.8 Å². The summed E-state index contributed by atoms with van der Waals surface area (Å²) in [5.74, 6) is -0.101. The van der Waals surface area contributed by atoms with Crippen LogP contribution < -0.4 is 11.1 Å². The van der Waals surface area contributed by atoms with E-state index in [0.29, 0.717) is 17.9 Å². The minimum absolute atomic E-state index is 0.0221. The maximum Gasteiger partial charge on any atom is 0.243 e. The van der Waals surface area contributed by atoms with Gasteiger partial charge in [0.1, 0.15) is 0 Å². The molecule has 1 heterocycles. The van der Waals surface area contributed by atoms with Crippen molar-refractivity contribution in [3.63, 3.8) is 0 Å². The zero-order chi connectivity index (χ0) is 13.8. The highest BCUT2D eigenvalue weighted by Gasteiger charge is 2.26. The number of amides is 2. The quantitative estimate of drug-likeness (QED) is 0.809. The molecule has 1 aromatic rings. The number of hydrogen-bond acceptors (Lipinski definition) is 3. The number of hydrogen-bond donors (Lipinski definition) is 2. The molecule has 0 spiro atoms. The normalized spacial score (nSPS) is 19.3. The van der Waals surface area contributed by atoms with Gasteiger partial charge in [-0.2, -0.15) is 0 Å². The molecule has 0 saturated carbocycles. The second kappa shape index (κ2) is 5.73. The van der Waals surface area contributed by atoms with Crippen LogP contribution >= 0.6 is 0 Å². The van der Waals surface area contributed by atoms with Gasteiger partial charge in [-0.25, -0.2) is 0 Å². The Morgan fingerprint density at radius 1 is 1.53 bits per heavy atom. The molecule has 0 radical (unpaired) electrons. The van der Waals surface area contributed by atoms with Crippen LogP contribution in [0.15, 0.2) is 24.3 Å². The highest BCUT2D eigenvalue weighted by Crippen LogP contribution is 2.17. The topological polar surface area (TPSA) is 75.4 Å². The highest BCUT2D eigenvalue weighted by molar-refractivity contribution is 5.95. The molecule has 2 amide bonds. The van der Waals surface area contributed by atoms with Crippen LogP contribution in [-0.2, 0) is 9.59 Å². The van der Waals surface area contributed by atoms with Gasteiger partial charge in [-0.3, -0.25) is 9.59 Å². The van der Waals surface area contributed by atoms with Gasteiger partial charge in [0.05, 0.1) is 6.54 Å². The number of nitrogens with one attached hydrogen (secondary N) is 1. The van der Waals surface area contributed by atoms with E-state index in [1.54, 1.807) is 29.2 Å². The molecule has 1 atom stereocenters. The van der Waals surface area contributed by atoms with Crippen molar-refractivity contribution in [1.82, 2.24) is 4.90 Å². The first-order valence-corrected chi connectivity index (χ1v) is 6.50. The Morgan fingerprint density at radius 2 is 2.32 bits per heavy atom. The standard InChI is InChI=1S/C14H19N3O2/c1-10-4-3-7-17(14(10)19)9-13(18)16-12-6-2-5-11(15)8-12/h2,5-6,8,10H,3-4,7,9,15H2,1H3,(H,16,18). The van der Waals surface area contributed by atoms with Crippen molar-refractivity contribution in [3.05, 3.63) is 24.3 Å². The molecule has 0 bridgehead atoms. The van der Waals surface area contributed by atoms with Crippen molar-refractivity contribution in [3.8, 4) is 0 Å². The number of nitrogens with zero attached hydrogens (tertiary/aromatic N) is 1. The highest BCUT2D eigenvalue weighted by atomic mass is 16.2. The van der Waals surface area contributed by atoms with Crippen molar-refractivity contribution < 1.29 is 9.59 Å². The lowest BCUT2D eigenvalue weighted by Gasteiger charge is -2.30. The molecule has 5 nitrogen and oxygen atoms in total. The van der Waals surface area contributed by atoms with Gasteiger partial charge in [-0.15, -0.1) is 0 Å². The van der Waals surface area contributed by atoms with Gasteiger partial charge in [-0.05, 0) is 31.0 Å². The molecule has 3 N–H and O–H groups in total. The number of carbonyl (C=O) groups is 2. The van der Waals surface area contributed by atoms with E-state index < -0.39 is 0 Å². The van der Waals surface area contributed by atoms with Crippen LogP contribution in [0.4, 0.5) is 11.4 Å². The molecule has 1 fully saturated rings. The van der Waals surface area contributed by atoms with E-state index in [4.69, 9.17) is 5.73 Å². The lowest BCUT2D eigenvalue weighted by Crippen LogP contribution is -2.44. The lowest BCUT2D eigenvalue weighted by atomic mass is 9.99. The molecule has 0 aliphatic carbocycles. The molecular formula is C14H19N3O2. The van der Waals surface area contributed by atoms with E-state index in [1.807, 2.05) is 6.92 Å². The Bertz CT molecular complexity index is 487. The summed E-state index contributed by atoms with van der Waals surface area (Å²) in [5.41, 5.74) is 6.90. The molecular weight excluding hydrogens is 242 g/mol. The van der Waals surface area contributed by atoms with Crippen LogP contribution in [0.3, 0.4) is 0 Å². The van der Waals surface area contributed by atoms with Crippen LogP contribution in [0.5, 0.6) is 0 Å². The molecule has 1 aliphatic rings. The van der Waals surface area contributed by atoms with E-state index in [1.165, 1.54) is 0 Å². The Hall–Kier alpha value is -2.04. The first kappa shape index (κ1) is 13.4. The minimum Gasteiger partial charge on any atom is -0.399 e. The van der Waals surface area contributed by atoms with Crippen molar-refractivity contribution in [2.75, 3.05) is 24.1 Å². The van der Waals surface area contributed by atoms with E-state index in [9.17, 15) is 9.59 Å². The first-order chi connectivity index (χ1) is 9.06. The molecule has 1 aromatic carbocycles. The Kier molecular flexibility index (Phi) is 4.04. The SMILES string of the molecule is CC1CCCN(CC(=O)Nc2cccc(N)c2)C1=O. The average molecular weight is 261 g/mol. The van der Waals surface area contributed by atoms with Crippen molar-refractivity contribution in [1.29, 1.82) is 0 Å². The van der Waals surface area contributed by atoms with Crippen LogP contribution in [0.1, 0.15) is 19.8 Å². The Labute approximate surface area is 112 Å². The summed E-state index contributed by atoms with van der Waals surface area (Å²) in [5, 5.41) is 2.75. The zero-order valence-corrected chi connectivity index (χ0v) is 11.1. The second-order valence-electron chi connectivity index (χ2n) is 4.98. The van der Waals surface area contributed by atoms with Crippen LogP contribution in [0, 0.1) is 5.92 Å². The molecule has 19 heavy (non-hydrogen) atoms. The number of likely N-dealkylation sites (tertiary alicyclic amines) is 1. The largest absolute Gasteiger partial charge is 0.399 e. The zero-order valence-electron chi connectivity index (χ0n) is 11.1. The molecule has 1 saturated heterocycles. The number of rotatable bonds is 3. The summed E-state index contributed by atoms with van der Waals surface area (Å²) < 4.78 is 0. The summed E-state index contributed by atoms with van der Waals surface area (Å²) >= 11 is 0. The van der Waals surface area contributed by atoms with Gasteiger partial charge < -0.3 is 16.0 Å². The van der Waals surface area contributed by atoms with E-state index in [0.717, 1.165) is 12.8 Å². The number of benzene rings is 1. The smallest absolute Gasteiger partial charge is 0.243 e. The number of nitrogens with two attached hydrogens (primary N) is 1. The van der Waals surface area contributed by atoms with Crippen molar-refractivity contribution >= 4 is 23.2 Å². The molecule has 1 unspecified atom stereocenters. The summed E-state index contributed by atoms with van der Waals surface area (Å²) in [4.78, 5) is 25.4. The minimum atomic E-state index is -0.187. The lowest BCUT2D eigenvalue weighted by molar-refractivity contribution is -0.140. The van der Waals surface area contributed by atoms with Gasteiger partial charge in [0, 0.05) is 23.8 Å². The van der Waals surface area contributed by atoms with Gasteiger partial charge in [0.25, 0.3) is 0 Å². The molecule has 1 aliphatic heterocycles. The average Bonchev–Trinajstić information content (AvgIpc) is 2.35. The number of carbonyl (C=O) groups excluding carboxylic acids is 2. The summed E-state index contributed by atoms with van der Waals surface area (Å²) in [6, 6.07) is 7.00. The fourth-order valence-electron chi connectivity index (χ4n) is 2.28. The third-order valence-corrected chi connectivity index (χ3v) is 3.30. The maximum absolute atomic E-state index is 11.9. The summed E-state index contributed by atoms with van der Waals surface area (Å²) in [7, 11) is 0. The molecule has 2 rings (SSSR count). The van der Waals surface area contributed by atoms with E-state index >= 15 is 0 Å². The second-order valence-corrected chi connectivity index (χ2v) is 4.98. The molecule has 0 aromatic heterocycles. The predicted octanol–water partition coefficient (Wildman–Crippen LogP) is 1.47. The summed E-state index contributed by atoms with van der Waals surface area (Å²) in [6.45, 7) is 2.68. The van der Waals surface area contributed by atoms with E-state index in [-0.39, 0.29) is 24.3 Å². The van der Waals surface area contributed by atoms with Gasteiger partial charge in [0.15, 0.2) is 0 Å². The monoisotopic (exact) mass is 261 g/mol. The fourth-order valence-corrected chi connectivity index (χ4v) is 2.28. The number of piperidine rings is 1. The van der Waals surface area contributed by atoms with Crippen LogP contribution in [0.2, 0.25) is 0 Å². The predicted molar refractivity (Wildman–Crippen MR) is 74.5 cm³/mol. The van der Waals surface area contributed by atoms with Gasteiger partial charge >= 0.3 is 0 Å². The Morgan fingerprint density at radius 3 is 3.05 bits per heavy atom. The van der Waals surface area contributed by atoms with Crippen molar-refractivity contribution in [2.45, 2.75) is 19.8 Å². The third-order valence-electron chi connectivity index (χ3n) is 3.30. The van der Waals surface area contributed by atoms with Gasteiger partial charge in [-0.1, -0.05) is 13.0 Å². The number of anilines is 2. The first-order valence-electron chi connectivity index (χ1n) is 6.50. The Balaban J connectivity index is 1.92. The molecule has 5 heteroatoms. The third kappa shape index (κ3) is 3.47. The van der Waals surface area contributed by atoms with Gasteiger partial charge in [0.2, 0.25) is 11.8 Å². The fraction of sp³-hybridized carbons (Fsp3) is 0.429. The number of nitrogen functional groups attached to an aromatic ring is 1.